The van der Waals surface area contributed by atoms with E-state index in [4.69, 9.17) is 20.8 Å². The molecule has 1 aliphatic heterocycles. The SMILES string of the molecule is Cc1oc(-c2ccccc2Cl)cc1C(=O)NC[C@H]1COCCN(C)C1. The Labute approximate surface area is 152 Å². The van der Waals surface area contributed by atoms with Gasteiger partial charge in [-0.05, 0) is 32.2 Å². The molecule has 6 heteroatoms. The third-order valence-corrected chi connectivity index (χ3v) is 4.72. The van der Waals surface area contributed by atoms with Crippen molar-refractivity contribution in [3.63, 3.8) is 0 Å². The zero-order valence-corrected chi connectivity index (χ0v) is 15.3. The Morgan fingerprint density at radius 2 is 2.20 bits per heavy atom. The highest BCUT2D eigenvalue weighted by atomic mass is 35.5. The topological polar surface area (TPSA) is 54.7 Å². The molecule has 0 bridgehead atoms. The third-order valence-electron chi connectivity index (χ3n) is 4.39. The van der Waals surface area contributed by atoms with Crippen molar-refractivity contribution in [2.45, 2.75) is 6.92 Å². The molecule has 2 heterocycles. The molecule has 1 N–H and O–H groups in total. The Kier molecular flexibility index (Phi) is 5.78. The van der Waals surface area contributed by atoms with Gasteiger partial charge < -0.3 is 19.4 Å². The first-order valence-corrected chi connectivity index (χ1v) is 8.82. The number of aryl methyl sites for hydroxylation is 1. The van der Waals surface area contributed by atoms with Gasteiger partial charge in [0.05, 0.1) is 23.8 Å². The van der Waals surface area contributed by atoms with Crippen LogP contribution in [0, 0.1) is 12.8 Å². The minimum absolute atomic E-state index is 0.133. The van der Waals surface area contributed by atoms with Crippen LogP contribution in [0.4, 0.5) is 0 Å². The molecule has 0 radical (unpaired) electrons. The number of carbonyl (C=O) groups excluding carboxylic acids is 1. The highest BCUT2D eigenvalue weighted by Crippen LogP contribution is 2.30. The lowest BCUT2D eigenvalue weighted by Crippen LogP contribution is -2.35. The monoisotopic (exact) mass is 362 g/mol. The van der Waals surface area contributed by atoms with Gasteiger partial charge in [0.2, 0.25) is 0 Å². The smallest absolute Gasteiger partial charge is 0.254 e. The summed E-state index contributed by atoms with van der Waals surface area (Å²) in [5.74, 6) is 1.34. The number of amides is 1. The van der Waals surface area contributed by atoms with Crippen molar-refractivity contribution in [2.75, 3.05) is 39.9 Å². The molecule has 0 saturated carbocycles. The van der Waals surface area contributed by atoms with Crippen LogP contribution in [-0.4, -0.2) is 50.7 Å². The van der Waals surface area contributed by atoms with Crippen molar-refractivity contribution in [3.05, 3.63) is 46.7 Å². The van der Waals surface area contributed by atoms with E-state index >= 15 is 0 Å². The maximum atomic E-state index is 12.5. The van der Waals surface area contributed by atoms with E-state index in [9.17, 15) is 4.79 Å². The normalized spacial score (nSPS) is 18.8. The van der Waals surface area contributed by atoms with Crippen molar-refractivity contribution in [1.82, 2.24) is 10.2 Å². The van der Waals surface area contributed by atoms with Gasteiger partial charge in [-0.2, -0.15) is 0 Å². The molecule has 1 amide bonds. The zero-order valence-electron chi connectivity index (χ0n) is 14.5. The van der Waals surface area contributed by atoms with E-state index in [2.05, 4.69) is 17.3 Å². The van der Waals surface area contributed by atoms with Crippen LogP contribution in [-0.2, 0) is 4.74 Å². The summed E-state index contributed by atoms with van der Waals surface area (Å²) in [7, 11) is 2.07. The minimum atomic E-state index is -0.133. The van der Waals surface area contributed by atoms with Crippen LogP contribution in [0.15, 0.2) is 34.7 Å². The number of carbonyl (C=O) groups is 1. The van der Waals surface area contributed by atoms with E-state index in [1.54, 1.807) is 19.1 Å². The van der Waals surface area contributed by atoms with Crippen molar-refractivity contribution >= 4 is 17.5 Å². The van der Waals surface area contributed by atoms with Gasteiger partial charge in [0, 0.05) is 31.1 Å². The molecule has 2 aromatic rings. The standard InChI is InChI=1S/C19H23ClN2O3/c1-13-16(9-18(25-13)15-5-3-4-6-17(15)20)19(23)21-10-14-11-22(2)7-8-24-12-14/h3-6,9,14H,7-8,10-12H2,1-2H3,(H,21,23)/t14-/m1/s1. The molecule has 1 saturated heterocycles. The first-order chi connectivity index (χ1) is 12.0. The Bertz CT molecular complexity index is 744. The summed E-state index contributed by atoms with van der Waals surface area (Å²) < 4.78 is 11.3. The summed E-state index contributed by atoms with van der Waals surface area (Å²) in [6.07, 6.45) is 0. The molecule has 3 rings (SSSR count). The fourth-order valence-corrected chi connectivity index (χ4v) is 3.24. The summed E-state index contributed by atoms with van der Waals surface area (Å²) in [6.45, 7) is 5.61. The largest absolute Gasteiger partial charge is 0.460 e. The van der Waals surface area contributed by atoms with Gasteiger partial charge in [-0.1, -0.05) is 23.7 Å². The lowest BCUT2D eigenvalue weighted by atomic mass is 10.1. The maximum Gasteiger partial charge on any atom is 0.254 e. The highest BCUT2D eigenvalue weighted by molar-refractivity contribution is 6.33. The predicted octanol–water partition coefficient (Wildman–Crippen LogP) is 3.22. The number of likely N-dealkylation sites (N-methyl/N-ethyl adjacent to an activating group) is 1. The first-order valence-electron chi connectivity index (χ1n) is 8.44. The summed E-state index contributed by atoms with van der Waals surface area (Å²) in [5, 5.41) is 3.60. The quantitative estimate of drug-likeness (QED) is 0.907. The van der Waals surface area contributed by atoms with Crippen LogP contribution < -0.4 is 5.32 Å². The van der Waals surface area contributed by atoms with Gasteiger partial charge in [-0.15, -0.1) is 0 Å². The molecule has 1 atom stereocenters. The summed E-state index contributed by atoms with van der Waals surface area (Å²) in [6, 6.07) is 9.18. The molecular weight excluding hydrogens is 340 g/mol. The molecule has 1 aliphatic rings. The molecule has 1 aromatic heterocycles. The molecule has 5 nitrogen and oxygen atoms in total. The van der Waals surface area contributed by atoms with E-state index in [0.29, 0.717) is 35.3 Å². The number of nitrogens with one attached hydrogen (secondary N) is 1. The summed E-state index contributed by atoms with van der Waals surface area (Å²) >= 11 is 6.21. The Morgan fingerprint density at radius 3 is 3.00 bits per heavy atom. The molecule has 1 aromatic carbocycles. The number of furan rings is 1. The molecule has 1 fully saturated rings. The van der Waals surface area contributed by atoms with Crippen molar-refractivity contribution in [2.24, 2.45) is 5.92 Å². The van der Waals surface area contributed by atoms with Gasteiger partial charge in [0.25, 0.3) is 5.91 Å². The minimum Gasteiger partial charge on any atom is -0.460 e. The number of nitrogens with zero attached hydrogens (tertiary/aromatic N) is 1. The Balaban J connectivity index is 1.67. The van der Waals surface area contributed by atoms with Gasteiger partial charge in [-0.3, -0.25) is 4.79 Å². The highest BCUT2D eigenvalue weighted by Gasteiger charge is 2.20. The van der Waals surface area contributed by atoms with Crippen LogP contribution in [0.2, 0.25) is 5.02 Å². The van der Waals surface area contributed by atoms with E-state index in [0.717, 1.165) is 25.3 Å². The van der Waals surface area contributed by atoms with Gasteiger partial charge >= 0.3 is 0 Å². The third kappa shape index (κ3) is 4.42. The van der Waals surface area contributed by atoms with Crippen LogP contribution in [0.1, 0.15) is 16.1 Å². The lowest BCUT2D eigenvalue weighted by molar-refractivity contribution is 0.0920. The van der Waals surface area contributed by atoms with Gasteiger partial charge in [-0.25, -0.2) is 0 Å². The molecule has 0 spiro atoms. The first kappa shape index (κ1) is 18.0. The van der Waals surface area contributed by atoms with Gasteiger partial charge in [0.1, 0.15) is 11.5 Å². The van der Waals surface area contributed by atoms with Crippen LogP contribution in [0.25, 0.3) is 11.3 Å². The molecule has 0 aliphatic carbocycles. The van der Waals surface area contributed by atoms with E-state index in [1.807, 2.05) is 18.2 Å². The number of rotatable bonds is 4. The molecule has 25 heavy (non-hydrogen) atoms. The molecule has 0 unspecified atom stereocenters. The second kappa shape index (κ2) is 8.04. The zero-order chi connectivity index (χ0) is 17.8. The van der Waals surface area contributed by atoms with E-state index in [-0.39, 0.29) is 11.8 Å². The number of benzene rings is 1. The van der Waals surface area contributed by atoms with Gasteiger partial charge in [0.15, 0.2) is 0 Å². The summed E-state index contributed by atoms with van der Waals surface area (Å²) in [4.78, 5) is 14.8. The number of ether oxygens (including phenoxy) is 1. The van der Waals surface area contributed by atoms with Crippen LogP contribution in [0.5, 0.6) is 0 Å². The van der Waals surface area contributed by atoms with Crippen LogP contribution in [0.3, 0.4) is 0 Å². The number of hydrogen-bond acceptors (Lipinski definition) is 4. The van der Waals surface area contributed by atoms with E-state index < -0.39 is 0 Å². The summed E-state index contributed by atoms with van der Waals surface area (Å²) in [5.41, 5.74) is 1.32. The second-order valence-electron chi connectivity index (χ2n) is 6.47. The molecular formula is C19H23ClN2O3. The van der Waals surface area contributed by atoms with Crippen molar-refractivity contribution in [3.8, 4) is 11.3 Å². The Morgan fingerprint density at radius 1 is 1.40 bits per heavy atom. The average Bonchev–Trinajstić information content (AvgIpc) is 2.85. The fourth-order valence-electron chi connectivity index (χ4n) is 3.01. The average molecular weight is 363 g/mol. The number of hydrogen-bond donors (Lipinski definition) is 1. The number of halogens is 1. The van der Waals surface area contributed by atoms with Crippen molar-refractivity contribution < 1.29 is 13.9 Å². The lowest BCUT2D eigenvalue weighted by Gasteiger charge is -2.19. The van der Waals surface area contributed by atoms with Crippen molar-refractivity contribution in [1.29, 1.82) is 0 Å². The maximum absolute atomic E-state index is 12.5. The van der Waals surface area contributed by atoms with E-state index in [1.165, 1.54) is 0 Å². The predicted molar refractivity (Wildman–Crippen MR) is 98.0 cm³/mol. The Hall–Kier alpha value is -1.82. The van der Waals surface area contributed by atoms with Crippen LogP contribution >= 0.6 is 11.6 Å². The second-order valence-corrected chi connectivity index (χ2v) is 6.88. The molecule has 134 valence electrons. The fraction of sp³-hybridized carbons (Fsp3) is 0.421.